The summed E-state index contributed by atoms with van der Waals surface area (Å²) in [5, 5.41) is 22.4. The highest BCUT2D eigenvalue weighted by Crippen LogP contribution is 2.46. The molecule has 36 heavy (non-hydrogen) atoms. The van der Waals surface area contributed by atoms with Crippen LogP contribution in [0.1, 0.15) is 124 Å². The summed E-state index contributed by atoms with van der Waals surface area (Å²) in [6, 6.07) is 3.57. The monoisotopic (exact) mass is 495 g/mol. The van der Waals surface area contributed by atoms with Gasteiger partial charge in [-0.15, -0.1) is 4.73 Å². The summed E-state index contributed by atoms with van der Waals surface area (Å²) in [6.45, 7) is 9.10. The molecule has 2 aliphatic rings. The summed E-state index contributed by atoms with van der Waals surface area (Å²) in [6.07, 6.45) is 5.15. The van der Waals surface area contributed by atoms with Crippen molar-refractivity contribution in [3.05, 3.63) is 44.9 Å². The van der Waals surface area contributed by atoms with E-state index in [1.165, 1.54) is 6.92 Å². The van der Waals surface area contributed by atoms with Gasteiger partial charge in [-0.2, -0.15) is 0 Å². The number of phenolic OH excluding ortho intramolecular Hbond substituents is 1. The van der Waals surface area contributed by atoms with Gasteiger partial charge in [0.1, 0.15) is 34.9 Å². The van der Waals surface area contributed by atoms with Crippen LogP contribution in [0.4, 0.5) is 0 Å². The third kappa shape index (κ3) is 4.44. The normalized spacial score (nSPS) is 20.2. The molecule has 194 valence electrons. The highest BCUT2D eigenvalue weighted by Gasteiger charge is 2.44. The standard InChI is InChI=1S/C29H37NO6/c1-15(2)19-13-18(14-20(16(3)4)27(19)33)24-26-25-21(32)11-9-7-6-8-10-12-22(25)36-30(26)29(35)23(17(5)31)28(24)34/h13-16,22,25,33-34H,6-12H2,1-5H3/t22-,25-/m0/s1. The minimum atomic E-state index is -0.735. The summed E-state index contributed by atoms with van der Waals surface area (Å²) in [5.41, 5.74) is 1.43. The molecule has 1 aromatic carbocycles. The SMILES string of the molecule is CC(=O)c1c(O)c(-c2cc(C(C)C)c(O)c(C(C)C)c2)c2n(c1=O)O[C@H]1CCCCCCCC(=O)[C@H]21. The van der Waals surface area contributed by atoms with Crippen LogP contribution in [-0.4, -0.2) is 32.6 Å². The van der Waals surface area contributed by atoms with E-state index in [0.717, 1.165) is 36.8 Å². The largest absolute Gasteiger partial charge is 0.507 e. The number of hydrogen-bond donors (Lipinski definition) is 2. The van der Waals surface area contributed by atoms with Crippen LogP contribution in [0.15, 0.2) is 16.9 Å². The fourth-order valence-electron chi connectivity index (χ4n) is 5.64. The van der Waals surface area contributed by atoms with Gasteiger partial charge in [-0.05, 0) is 66.8 Å². The van der Waals surface area contributed by atoms with Crippen LogP contribution in [0.3, 0.4) is 0 Å². The van der Waals surface area contributed by atoms with Crippen molar-refractivity contribution in [2.75, 3.05) is 0 Å². The third-order valence-electron chi connectivity index (χ3n) is 7.57. The lowest BCUT2D eigenvalue weighted by atomic mass is 9.82. The number of carbonyl (C=O) groups is 2. The van der Waals surface area contributed by atoms with Gasteiger partial charge >= 0.3 is 0 Å². The highest BCUT2D eigenvalue weighted by atomic mass is 16.7. The second-order valence-corrected chi connectivity index (χ2v) is 10.8. The molecule has 0 amide bonds. The van der Waals surface area contributed by atoms with Crippen LogP contribution in [-0.2, 0) is 4.79 Å². The lowest BCUT2D eigenvalue weighted by Gasteiger charge is -2.21. The van der Waals surface area contributed by atoms with Gasteiger partial charge in [0.05, 0.1) is 5.69 Å². The Bertz CT molecular complexity index is 1230. The number of phenols is 1. The van der Waals surface area contributed by atoms with Gasteiger partial charge in [0.25, 0.3) is 5.56 Å². The highest BCUT2D eigenvalue weighted by molar-refractivity contribution is 6.00. The van der Waals surface area contributed by atoms with Gasteiger partial charge in [0.15, 0.2) is 5.78 Å². The number of fused-ring (bicyclic) bond motifs is 3. The lowest BCUT2D eigenvalue weighted by molar-refractivity contribution is -0.122. The Morgan fingerprint density at radius 2 is 1.53 bits per heavy atom. The van der Waals surface area contributed by atoms with E-state index in [0.29, 0.717) is 35.2 Å². The Labute approximate surface area is 212 Å². The zero-order valence-corrected chi connectivity index (χ0v) is 21.9. The molecule has 0 spiro atoms. The van der Waals surface area contributed by atoms with Crippen LogP contribution in [0, 0.1) is 0 Å². The zero-order valence-electron chi connectivity index (χ0n) is 21.9. The molecule has 2 heterocycles. The van der Waals surface area contributed by atoms with E-state index >= 15 is 0 Å². The Kier molecular flexibility index (Phi) is 7.30. The third-order valence-corrected chi connectivity index (χ3v) is 7.57. The lowest BCUT2D eigenvalue weighted by Crippen LogP contribution is -2.32. The Hall–Kier alpha value is -3.09. The minimum Gasteiger partial charge on any atom is -0.507 e. The maximum Gasteiger partial charge on any atom is 0.297 e. The second-order valence-electron chi connectivity index (χ2n) is 10.8. The maximum absolute atomic E-state index is 13.5. The molecule has 1 aromatic heterocycles. The number of aromatic hydroxyl groups is 2. The first-order valence-corrected chi connectivity index (χ1v) is 13.1. The average Bonchev–Trinajstić information content (AvgIpc) is 3.18. The first-order chi connectivity index (χ1) is 17.0. The summed E-state index contributed by atoms with van der Waals surface area (Å²) in [5.74, 6) is -1.57. The van der Waals surface area contributed by atoms with E-state index < -0.39 is 29.1 Å². The number of ketones is 2. The molecule has 1 aliphatic heterocycles. The number of pyridine rings is 1. The van der Waals surface area contributed by atoms with E-state index in [9.17, 15) is 24.6 Å². The Morgan fingerprint density at radius 1 is 0.944 bits per heavy atom. The number of rotatable bonds is 4. The predicted octanol–water partition coefficient (Wildman–Crippen LogP) is 5.58. The molecule has 0 bridgehead atoms. The first kappa shape index (κ1) is 26.0. The quantitative estimate of drug-likeness (QED) is 0.536. The number of benzene rings is 1. The van der Waals surface area contributed by atoms with Crippen molar-refractivity contribution in [2.45, 2.75) is 103 Å². The summed E-state index contributed by atoms with van der Waals surface area (Å²) >= 11 is 0. The van der Waals surface area contributed by atoms with Crippen LogP contribution >= 0.6 is 0 Å². The fourth-order valence-corrected chi connectivity index (χ4v) is 5.64. The van der Waals surface area contributed by atoms with Crippen LogP contribution in [0.2, 0.25) is 0 Å². The summed E-state index contributed by atoms with van der Waals surface area (Å²) < 4.78 is 1.09. The van der Waals surface area contributed by atoms with Crippen molar-refractivity contribution in [1.29, 1.82) is 0 Å². The average molecular weight is 496 g/mol. The van der Waals surface area contributed by atoms with Gasteiger partial charge in [-0.25, -0.2) is 0 Å². The molecular formula is C29H37NO6. The van der Waals surface area contributed by atoms with Gasteiger partial charge in [0, 0.05) is 12.0 Å². The number of aromatic nitrogens is 1. The summed E-state index contributed by atoms with van der Waals surface area (Å²) in [7, 11) is 0. The van der Waals surface area contributed by atoms with E-state index in [2.05, 4.69) is 0 Å². The van der Waals surface area contributed by atoms with Gasteiger partial charge in [0.2, 0.25) is 0 Å². The van der Waals surface area contributed by atoms with Crippen molar-refractivity contribution in [2.24, 2.45) is 0 Å². The first-order valence-electron chi connectivity index (χ1n) is 13.1. The van der Waals surface area contributed by atoms with Crippen molar-refractivity contribution in [1.82, 2.24) is 4.73 Å². The zero-order chi connectivity index (χ0) is 26.3. The van der Waals surface area contributed by atoms with Gasteiger partial charge in [-0.3, -0.25) is 14.4 Å². The predicted molar refractivity (Wildman–Crippen MR) is 138 cm³/mol. The van der Waals surface area contributed by atoms with Crippen molar-refractivity contribution >= 4 is 11.6 Å². The van der Waals surface area contributed by atoms with Crippen molar-refractivity contribution < 1.29 is 24.6 Å². The maximum atomic E-state index is 13.5. The van der Waals surface area contributed by atoms with Crippen LogP contribution in [0.25, 0.3) is 11.1 Å². The van der Waals surface area contributed by atoms with Crippen molar-refractivity contribution in [3.63, 3.8) is 0 Å². The fraction of sp³-hybridized carbons (Fsp3) is 0.552. The number of carbonyl (C=O) groups excluding carboxylic acids is 2. The molecule has 1 fully saturated rings. The van der Waals surface area contributed by atoms with E-state index in [-0.39, 0.29) is 34.5 Å². The summed E-state index contributed by atoms with van der Waals surface area (Å²) in [4.78, 5) is 45.5. The molecule has 7 heteroatoms. The molecule has 2 atom stereocenters. The smallest absolute Gasteiger partial charge is 0.297 e. The van der Waals surface area contributed by atoms with E-state index in [4.69, 9.17) is 4.84 Å². The molecule has 1 aliphatic carbocycles. The van der Waals surface area contributed by atoms with Crippen LogP contribution < -0.4 is 10.4 Å². The van der Waals surface area contributed by atoms with E-state index in [1.807, 2.05) is 27.7 Å². The van der Waals surface area contributed by atoms with Crippen LogP contribution in [0.5, 0.6) is 11.5 Å². The molecular weight excluding hydrogens is 458 g/mol. The van der Waals surface area contributed by atoms with E-state index in [1.54, 1.807) is 12.1 Å². The molecule has 4 rings (SSSR count). The molecule has 0 radical (unpaired) electrons. The number of Topliss-reactive ketones (excluding diaryl/α,β-unsaturated/α-hetero) is 2. The molecule has 0 unspecified atom stereocenters. The molecule has 1 saturated carbocycles. The topological polar surface area (TPSA) is 106 Å². The Morgan fingerprint density at radius 3 is 2.11 bits per heavy atom. The van der Waals surface area contributed by atoms with Gasteiger partial charge in [-0.1, -0.05) is 47.0 Å². The number of hydrogen-bond acceptors (Lipinski definition) is 6. The van der Waals surface area contributed by atoms with Gasteiger partial charge < -0.3 is 15.1 Å². The second kappa shape index (κ2) is 10.1. The van der Waals surface area contributed by atoms with Crippen molar-refractivity contribution in [3.8, 4) is 22.6 Å². The molecule has 7 nitrogen and oxygen atoms in total. The molecule has 2 N–H and O–H groups in total. The molecule has 0 saturated heterocycles. The minimum absolute atomic E-state index is 0.0179. The Balaban J connectivity index is 2.07. The molecule has 2 aromatic rings. The number of nitrogens with zero attached hydrogens (tertiary/aromatic N) is 1.